The standard InChI is InChI=1S/C14H23N3O2/c1-17-7-5-12(6-8-17)16-13-3-4-14(15-11-13)19-10-9-18-2/h3-4,11-12,16H,5-10H2,1-2H3. The van der Waals surface area contributed by atoms with Crippen molar-refractivity contribution in [2.75, 3.05) is 45.8 Å². The lowest BCUT2D eigenvalue weighted by Gasteiger charge is -2.30. The van der Waals surface area contributed by atoms with Crippen molar-refractivity contribution in [2.24, 2.45) is 0 Å². The van der Waals surface area contributed by atoms with E-state index in [1.54, 1.807) is 7.11 Å². The number of nitrogens with zero attached hydrogens (tertiary/aromatic N) is 2. The van der Waals surface area contributed by atoms with E-state index >= 15 is 0 Å². The second kappa shape index (κ2) is 7.31. The van der Waals surface area contributed by atoms with Gasteiger partial charge in [0.05, 0.1) is 18.5 Å². The van der Waals surface area contributed by atoms with Crippen LogP contribution in [0.3, 0.4) is 0 Å². The molecule has 5 heteroatoms. The molecule has 1 N–H and O–H groups in total. The van der Waals surface area contributed by atoms with Crippen LogP contribution >= 0.6 is 0 Å². The number of hydrogen-bond donors (Lipinski definition) is 1. The zero-order chi connectivity index (χ0) is 13.5. The van der Waals surface area contributed by atoms with Crippen LogP contribution in [0.1, 0.15) is 12.8 Å². The van der Waals surface area contributed by atoms with Crippen LogP contribution in [0.2, 0.25) is 0 Å². The van der Waals surface area contributed by atoms with E-state index < -0.39 is 0 Å². The van der Waals surface area contributed by atoms with E-state index in [2.05, 4.69) is 22.2 Å². The lowest BCUT2D eigenvalue weighted by atomic mass is 10.1. The molecule has 106 valence electrons. The van der Waals surface area contributed by atoms with Crippen LogP contribution in [0.15, 0.2) is 18.3 Å². The summed E-state index contributed by atoms with van der Waals surface area (Å²) in [6, 6.07) is 4.47. The minimum atomic E-state index is 0.533. The smallest absolute Gasteiger partial charge is 0.213 e. The molecule has 19 heavy (non-hydrogen) atoms. The van der Waals surface area contributed by atoms with Gasteiger partial charge in [-0.05, 0) is 39.0 Å². The Morgan fingerprint density at radius 3 is 2.74 bits per heavy atom. The largest absolute Gasteiger partial charge is 0.475 e. The second-order valence-electron chi connectivity index (χ2n) is 4.95. The minimum absolute atomic E-state index is 0.533. The second-order valence-corrected chi connectivity index (χ2v) is 4.95. The number of pyridine rings is 1. The fourth-order valence-electron chi connectivity index (χ4n) is 2.17. The summed E-state index contributed by atoms with van der Waals surface area (Å²) in [5, 5.41) is 3.53. The molecule has 0 amide bonds. The monoisotopic (exact) mass is 265 g/mol. The fraction of sp³-hybridized carbons (Fsp3) is 0.643. The van der Waals surface area contributed by atoms with Crippen LogP contribution in [0.5, 0.6) is 5.88 Å². The summed E-state index contributed by atoms with van der Waals surface area (Å²) in [7, 11) is 3.83. The van der Waals surface area contributed by atoms with E-state index in [1.165, 1.54) is 12.8 Å². The Bertz CT molecular complexity index is 361. The van der Waals surface area contributed by atoms with Crippen molar-refractivity contribution in [1.82, 2.24) is 9.88 Å². The number of hydrogen-bond acceptors (Lipinski definition) is 5. The van der Waals surface area contributed by atoms with Gasteiger partial charge in [0.1, 0.15) is 6.61 Å². The van der Waals surface area contributed by atoms with Crippen LogP contribution in [0.4, 0.5) is 5.69 Å². The Labute approximate surface area is 114 Å². The Kier molecular flexibility index (Phi) is 5.42. The summed E-state index contributed by atoms with van der Waals surface area (Å²) >= 11 is 0. The van der Waals surface area contributed by atoms with Gasteiger partial charge in [-0.15, -0.1) is 0 Å². The normalized spacial score (nSPS) is 17.4. The van der Waals surface area contributed by atoms with E-state index in [1.807, 2.05) is 18.3 Å². The molecule has 0 radical (unpaired) electrons. The van der Waals surface area contributed by atoms with Gasteiger partial charge in [-0.1, -0.05) is 0 Å². The molecule has 0 saturated carbocycles. The lowest BCUT2D eigenvalue weighted by molar-refractivity contribution is 0.144. The molecular formula is C14H23N3O2. The molecule has 1 fully saturated rings. The van der Waals surface area contributed by atoms with Crippen molar-refractivity contribution in [2.45, 2.75) is 18.9 Å². The van der Waals surface area contributed by atoms with Crippen molar-refractivity contribution in [1.29, 1.82) is 0 Å². The quantitative estimate of drug-likeness (QED) is 0.792. The Hall–Kier alpha value is -1.33. The van der Waals surface area contributed by atoms with Gasteiger partial charge in [0.2, 0.25) is 5.88 Å². The Morgan fingerprint density at radius 1 is 1.32 bits per heavy atom. The molecule has 1 aromatic rings. The molecule has 1 aliphatic rings. The van der Waals surface area contributed by atoms with E-state index in [0.29, 0.717) is 25.1 Å². The molecule has 0 aliphatic carbocycles. The maximum atomic E-state index is 5.43. The van der Waals surface area contributed by atoms with Crippen molar-refractivity contribution in [3.05, 3.63) is 18.3 Å². The summed E-state index contributed by atoms with van der Waals surface area (Å²) < 4.78 is 10.4. The van der Waals surface area contributed by atoms with Gasteiger partial charge in [-0.25, -0.2) is 4.98 Å². The molecule has 1 aromatic heterocycles. The van der Waals surface area contributed by atoms with Gasteiger partial charge < -0.3 is 19.7 Å². The van der Waals surface area contributed by atoms with Gasteiger partial charge in [-0.3, -0.25) is 0 Å². The number of rotatable bonds is 6. The van der Waals surface area contributed by atoms with E-state index in [4.69, 9.17) is 9.47 Å². The first-order valence-corrected chi connectivity index (χ1v) is 6.81. The predicted molar refractivity (Wildman–Crippen MR) is 75.7 cm³/mol. The van der Waals surface area contributed by atoms with Crippen molar-refractivity contribution < 1.29 is 9.47 Å². The minimum Gasteiger partial charge on any atom is -0.475 e. The van der Waals surface area contributed by atoms with Crippen LogP contribution < -0.4 is 10.1 Å². The highest BCUT2D eigenvalue weighted by Crippen LogP contribution is 2.17. The first kappa shape index (κ1) is 14.1. The van der Waals surface area contributed by atoms with Crippen LogP contribution in [-0.2, 0) is 4.74 Å². The molecule has 5 nitrogen and oxygen atoms in total. The Morgan fingerprint density at radius 2 is 2.11 bits per heavy atom. The zero-order valence-electron chi connectivity index (χ0n) is 11.8. The highest BCUT2D eigenvalue weighted by atomic mass is 16.5. The third-order valence-electron chi connectivity index (χ3n) is 3.36. The summed E-state index contributed by atoms with van der Waals surface area (Å²) in [5.74, 6) is 0.644. The summed E-state index contributed by atoms with van der Waals surface area (Å²) in [5.41, 5.74) is 1.06. The molecule has 0 atom stereocenters. The average molecular weight is 265 g/mol. The fourth-order valence-corrected chi connectivity index (χ4v) is 2.17. The molecular weight excluding hydrogens is 242 g/mol. The molecule has 2 rings (SSSR count). The third kappa shape index (κ3) is 4.69. The number of nitrogens with one attached hydrogen (secondary N) is 1. The average Bonchev–Trinajstić information content (AvgIpc) is 2.44. The van der Waals surface area contributed by atoms with Gasteiger partial charge in [0.25, 0.3) is 0 Å². The SMILES string of the molecule is COCCOc1ccc(NC2CCN(C)CC2)cn1. The number of anilines is 1. The maximum Gasteiger partial charge on any atom is 0.213 e. The van der Waals surface area contributed by atoms with Gasteiger partial charge in [-0.2, -0.15) is 0 Å². The summed E-state index contributed by atoms with van der Waals surface area (Å²) in [6.07, 6.45) is 4.20. The zero-order valence-corrected chi connectivity index (χ0v) is 11.8. The van der Waals surface area contributed by atoms with Gasteiger partial charge in [0.15, 0.2) is 0 Å². The number of aromatic nitrogens is 1. The molecule has 0 spiro atoms. The number of methoxy groups -OCH3 is 1. The first-order valence-electron chi connectivity index (χ1n) is 6.81. The number of ether oxygens (including phenoxy) is 2. The summed E-state index contributed by atoms with van der Waals surface area (Å²) in [4.78, 5) is 6.64. The van der Waals surface area contributed by atoms with Crippen molar-refractivity contribution >= 4 is 5.69 Å². The van der Waals surface area contributed by atoms with Crippen LogP contribution in [0.25, 0.3) is 0 Å². The van der Waals surface area contributed by atoms with E-state index in [0.717, 1.165) is 18.8 Å². The van der Waals surface area contributed by atoms with E-state index in [-0.39, 0.29) is 0 Å². The van der Waals surface area contributed by atoms with Gasteiger partial charge in [0, 0.05) is 19.2 Å². The van der Waals surface area contributed by atoms with Crippen LogP contribution in [-0.4, -0.2) is 56.4 Å². The topological polar surface area (TPSA) is 46.6 Å². The Balaban J connectivity index is 1.78. The molecule has 0 bridgehead atoms. The van der Waals surface area contributed by atoms with Crippen molar-refractivity contribution in [3.8, 4) is 5.88 Å². The third-order valence-corrected chi connectivity index (χ3v) is 3.36. The maximum absolute atomic E-state index is 5.43. The number of piperidine rings is 1. The molecule has 2 heterocycles. The highest BCUT2D eigenvalue weighted by molar-refractivity contribution is 5.43. The van der Waals surface area contributed by atoms with E-state index in [9.17, 15) is 0 Å². The van der Waals surface area contributed by atoms with Crippen molar-refractivity contribution in [3.63, 3.8) is 0 Å². The van der Waals surface area contributed by atoms with Crippen LogP contribution in [0, 0.1) is 0 Å². The first-order chi connectivity index (χ1) is 9.28. The lowest BCUT2D eigenvalue weighted by Crippen LogP contribution is -2.36. The van der Waals surface area contributed by atoms with Gasteiger partial charge >= 0.3 is 0 Å². The molecule has 1 saturated heterocycles. The number of likely N-dealkylation sites (tertiary alicyclic amines) is 1. The highest BCUT2D eigenvalue weighted by Gasteiger charge is 2.16. The molecule has 0 unspecified atom stereocenters. The summed E-state index contributed by atoms with van der Waals surface area (Å²) in [6.45, 7) is 3.43. The molecule has 1 aliphatic heterocycles. The predicted octanol–water partition coefficient (Wildman–Crippen LogP) is 1.61. The molecule has 0 aromatic carbocycles.